The van der Waals surface area contributed by atoms with E-state index < -0.39 is 5.60 Å². The molecular formula is C37H50N4O4S. The van der Waals surface area contributed by atoms with Crippen LogP contribution in [-0.2, 0) is 17.7 Å². The van der Waals surface area contributed by atoms with E-state index in [1.54, 1.807) is 11.3 Å². The summed E-state index contributed by atoms with van der Waals surface area (Å²) >= 11 is 1.79. The fraction of sp³-hybridized carbons (Fsp3) is 0.568. The Bertz CT molecular complexity index is 1550. The van der Waals surface area contributed by atoms with Gasteiger partial charge in [0.15, 0.2) is 0 Å². The molecule has 9 heteroatoms. The van der Waals surface area contributed by atoms with E-state index in [-0.39, 0.29) is 18.1 Å². The van der Waals surface area contributed by atoms with Crippen LogP contribution in [0.1, 0.15) is 61.7 Å². The van der Waals surface area contributed by atoms with E-state index in [1.165, 1.54) is 32.8 Å². The Morgan fingerprint density at radius 3 is 2.48 bits per heavy atom. The van der Waals surface area contributed by atoms with Gasteiger partial charge in [0, 0.05) is 68.1 Å². The predicted octanol–water partition coefficient (Wildman–Crippen LogP) is 6.55. The third-order valence-electron chi connectivity index (χ3n) is 9.85. The fourth-order valence-electron chi connectivity index (χ4n) is 7.36. The molecule has 2 saturated heterocycles. The molecule has 0 bridgehead atoms. The topological polar surface area (TPSA) is 78.4 Å². The number of hydrogen-bond donors (Lipinski definition) is 1. The molecule has 1 unspecified atom stereocenters. The minimum atomic E-state index is -0.457. The zero-order valence-electron chi connectivity index (χ0n) is 28.2. The molecule has 1 atom stereocenters. The van der Waals surface area contributed by atoms with Gasteiger partial charge in [0.1, 0.15) is 16.4 Å². The number of likely N-dealkylation sites (tertiary alicyclic amines) is 2. The number of aromatic nitrogens is 1. The minimum Gasteiger partial charge on any atom is -0.493 e. The van der Waals surface area contributed by atoms with E-state index in [2.05, 4.69) is 60.0 Å². The molecule has 2 fully saturated rings. The van der Waals surface area contributed by atoms with Crippen LogP contribution in [0, 0.1) is 19.3 Å². The second-order valence-electron chi connectivity index (χ2n) is 14.4. The first-order valence-electron chi connectivity index (χ1n) is 16.9. The first-order chi connectivity index (χ1) is 22.0. The average molecular weight is 647 g/mol. The lowest BCUT2D eigenvalue weighted by Crippen LogP contribution is -2.37. The lowest BCUT2D eigenvalue weighted by Gasteiger charge is -2.27. The summed E-state index contributed by atoms with van der Waals surface area (Å²) in [7, 11) is 0. The first kappa shape index (κ1) is 32.9. The molecule has 1 spiro atoms. The van der Waals surface area contributed by atoms with Crippen LogP contribution in [-0.4, -0.2) is 95.5 Å². The number of nitrogens with zero attached hydrogens (tertiary/aromatic N) is 4. The number of thiazole rings is 1. The van der Waals surface area contributed by atoms with Gasteiger partial charge in [-0.3, -0.25) is 4.90 Å². The SMILES string of the molecule is Cc1c(OCCCN2CCC3(CCN(C(=O)OC(C)(C)C)C3)C2)cccc1-c1cccc(-c2nc3c(s2)CN(CCO)CC3)c1C. The van der Waals surface area contributed by atoms with Crippen LogP contribution in [0.5, 0.6) is 5.75 Å². The molecule has 0 radical (unpaired) electrons. The van der Waals surface area contributed by atoms with Crippen molar-refractivity contribution in [1.82, 2.24) is 19.7 Å². The van der Waals surface area contributed by atoms with Crippen molar-refractivity contribution in [3.8, 4) is 27.4 Å². The molecular weight excluding hydrogens is 596 g/mol. The van der Waals surface area contributed by atoms with Gasteiger partial charge < -0.3 is 24.4 Å². The highest BCUT2D eigenvalue weighted by Crippen LogP contribution is 2.41. The van der Waals surface area contributed by atoms with Gasteiger partial charge in [-0.15, -0.1) is 11.3 Å². The molecule has 1 amide bonds. The molecule has 0 aliphatic carbocycles. The van der Waals surface area contributed by atoms with Crippen molar-refractivity contribution in [2.45, 2.75) is 72.4 Å². The Balaban J connectivity index is 1.05. The average Bonchev–Trinajstić information content (AvgIpc) is 3.74. The number of amides is 1. The predicted molar refractivity (Wildman–Crippen MR) is 185 cm³/mol. The Morgan fingerprint density at radius 1 is 0.957 bits per heavy atom. The normalized spacial score (nSPS) is 20.4. The van der Waals surface area contributed by atoms with Crippen LogP contribution < -0.4 is 4.74 Å². The minimum absolute atomic E-state index is 0.177. The van der Waals surface area contributed by atoms with Crippen molar-refractivity contribution < 1.29 is 19.4 Å². The molecule has 8 nitrogen and oxygen atoms in total. The second-order valence-corrected chi connectivity index (χ2v) is 15.5. The van der Waals surface area contributed by atoms with E-state index in [0.717, 1.165) is 87.8 Å². The molecule has 3 aromatic rings. The zero-order valence-corrected chi connectivity index (χ0v) is 29.0. The van der Waals surface area contributed by atoms with Crippen LogP contribution in [0.25, 0.3) is 21.7 Å². The van der Waals surface area contributed by atoms with E-state index in [9.17, 15) is 9.90 Å². The molecule has 3 aliphatic heterocycles. The van der Waals surface area contributed by atoms with Gasteiger partial charge in [-0.25, -0.2) is 9.78 Å². The smallest absolute Gasteiger partial charge is 0.410 e. The summed E-state index contributed by atoms with van der Waals surface area (Å²) in [6.45, 7) is 18.3. The van der Waals surface area contributed by atoms with Gasteiger partial charge in [-0.1, -0.05) is 30.3 Å². The summed E-state index contributed by atoms with van der Waals surface area (Å²) in [6.07, 6.45) is 3.92. The molecule has 248 valence electrons. The van der Waals surface area contributed by atoms with Crippen molar-refractivity contribution in [2.75, 3.05) is 59.0 Å². The Kier molecular flexibility index (Phi) is 9.76. The highest BCUT2D eigenvalue weighted by molar-refractivity contribution is 7.15. The number of hydrogen-bond acceptors (Lipinski definition) is 8. The van der Waals surface area contributed by atoms with Crippen LogP contribution in [0.15, 0.2) is 36.4 Å². The molecule has 4 heterocycles. The lowest BCUT2D eigenvalue weighted by atomic mass is 9.86. The maximum atomic E-state index is 12.6. The Hall–Kier alpha value is -2.98. The van der Waals surface area contributed by atoms with Crippen molar-refractivity contribution in [3.63, 3.8) is 0 Å². The van der Waals surface area contributed by atoms with Crippen molar-refractivity contribution in [3.05, 3.63) is 58.1 Å². The summed E-state index contributed by atoms with van der Waals surface area (Å²) < 4.78 is 12.0. The monoisotopic (exact) mass is 646 g/mol. The van der Waals surface area contributed by atoms with E-state index in [1.807, 2.05) is 25.7 Å². The zero-order chi connectivity index (χ0) is 32.5. The van der Waals surface area contributed by atoms with E-state index in [4.69, 9.17) is 14.5 Å². The second kappa shape index (κ2) is 13.6. The number of carbonyl (C=O) groups is 1. The summed E-state index contributed by atoms with van der Waals surface area (Å²) in [5.41, 5.74) is 6.96. The van der Waals surface area contributed by atoms with Crippen molar-refractivity contribution >= 4 is 17.4 Å². The van der Waals surface area contributed by atoms with Gasteiger partial charge in [-0.2, -0.15) is 0 Å². The van der Waals surface area contributed by atoms with E-state index in [0.29, 0.717) is 13.2 Å². The third kappa shape index (κ3) is 7.28. The number of rotatable bonds is 9. The van der Waals surface area contributed by atoms with E-state index >= 15 is 0 Å². The molecule has 3 aliphatic rings. The number of fused-ring (bicyclic) bond motifs is 1. The van der Waals surface area contributed by atoms with Crippen LogP contribution in [0.4, 0.5) is 4.79 Å². The molecule has 2 aromatic carbocycles. The largest absolute Gasteiger partial charge is 0.493 e. The van der Waals surface area contributed by atoms with Gasteiger partial charge in [0.25, 0.3) is 0 Å². The number of carbonyl (C=O) groups excluding carboxylic acids is 1. The van der Waals surface area contributed by atoms with Crippen LogP contribution >= 0.6 is 11.3 Å². The summed E-state index contributed by atoms with van der Waals surface area (Å²) in [5, 5.41) is 10.5. The van der Waals surface area contributed by atoms with Crippen LogP contribution in [0.2, 0.25) is 0 Å². The Labute approximate surface area is 278 Å². The maximum Gasteiger partial charge on any atom is 0.410 e. The lowest BCUT2D eigenvalue weighted by molar-refractivity contribution is 0.0274. The van der Waals surface area contributed by atoms with Crippen molar-refractivity contribution in [2.24, 2.45) is 5.41 Å². The fourth-order valence-corrected chi connectivity index (χ4v) is 8.59. The quantitative estimate of drug-likeness (QED) is 0.265. The highest BCUT2D eigenvalue weighted by Gasteiger charge is 2.45. The first-order valence-corrected chi connectivity index (χ1v) is 17.7. The number of β-amino-alcohol motifs (C(OH)–C–C–N with tert-alkyl or cyclic N) is 1. The number of ether oxygens (including phenoxy) is 2. The molecule has 1 aromatic heterocycles. The maximum absolute atomic E-state index is 12.6. The van der Waals surface area contributed by atoms with Gasteiger partial charge in [0.2, 0.25) is 0 Å². The number of benzene rings is 2. The van der Waals surface area contributed by atoms with Gasteiger partial charge in [0.05, 0.1) is 18.9 Å². The summed E-state index contributed by atoms with van der Waals surface area (Å²) in [4.78, 5) is 25.7. The third-order valence-corrected chi connectivity index (χ3v) is 11.0. The molecule has 6 rings (SSSR count). The standard InChI is InChI=1S/C37H50N4O4S/c1-26-28(9-6-11-30(26)34-38-31-13-17-39(20-21-42)23-33(31)46-34)29-10-7-12-32(27(29)2)44-22-8-16-40-18-14-37(24-40)15-19-41(25-37)35(43)45-36(3,4)5/h6-7,9-12,42H,8,13-25H2,1-5H3. The van der Waals surface area contributed by atoms with Crippen molar-refractivity contribution in [1.29, 1.82) is 0 Å². The molecule has 1 N–H and O–H groups in total. The summed E-state index contributed by atoms with van der Waals surface area (Å²) in [6, 6.07) is 12.9. The Morgan fingerprint density at radius 2 is 1.70 bits per heavy atom. The highest BCUT2D eigenvalue weighted by atomic mass is 32.1. The number of aliphatic hydroxyl groups is 1. The molecule has 0 saturated carbocycles. The molecule has 46 heavy (non-hydrogen) atoms. The van der Waals surface area contributed by atoms with Crippen LogP contribution in [0.3, 0.4) is 0 Å². The van der Waals surface area contributed by atoms with Gasteiger partial charge >= 0.3 is 6.09 Å². The number of aliphatic hydroxyl groups excluding tert-OH is 1. The summed E-state index contributed by atoms with van der Waals surface area (Å²) in [5.74, 6) is 0.942. The van der Waals surface area contributed by atoms with Gasteiger partial charge in [-0.05, 0) is 88.7 Å².